The molecule has 2 saturated heterocycles. The van der Waals surface area contributed by atoms with Gasteiger partial charge < -0.3 is 10.2 Å². The second-order valence-electron chi connectivity index (χ2n) is 5.85. The fraction of sp³-hybridized carbons (Fsp3) is 0.467. The van der Waals surface area contributed by atoms with Crippen LogP contribution in [0.15, 0.2) is 22.7 Å². The number of nitrogens with one attached hydrogen (secondary N) is 1. The zero-order valence-electron chi connectivity index (χ0n) is 11.5. The first-order valence-corrected chi connectivity index (χ1v) is 7.80. The largest absolute Gasteiger partial charge is 0.356 e. The molecule has 3 rings (SSSR count). The molecule has 0 aromatic heterocycles. The van der Waals surface area contributed by atoms with Crippen molar-refractivity contribution in [3.8, 4) is 0 Å². The third-order valence-electron chi connectivity index (χ3n) is 4.49. The van der Waals surface area contributed by atoms with Crippen LogP contribution in [0.2, 0.25) is 0 Å². The quantitative estimate of drug-likeness (QED) is 0.841. The summed E-state index contributed by atoms with van der Waals surface area (Å²) >= 11 is 3.14. The van der Waals surface area contributed by atoms with Crippen LogP contribution in [0, 0.1) is 11.2 Å². The summed E-state index contributed by atoms with van der Waals surface area (Å²) in [5.41, 5.74) is 0.360. The molecular weight excluding hydrogens is 339 g/mol. The maximum absolute atomic E-state index is 13.5. The molecule has 0 radical (unpaired) electrons. The van der Waals surface area contributed by atoms with E-state index in [9.17, 15) is 14.0 Å². The molecular formula is C15H16BrFN2O2. The van der Waals surface area contributed by atoms with Gasteiger partial charge in [0.15, 0.2) is 0 Å². The highest BCUT2D eigenvalue weighted by molar-refractivity contribution is 9.10. The minimum absolute atomic E-state index is 0.00698. The zero-order valence-corrected chi connectivity index (χ0v) is 13.1. The Morgan fingerprint density at radius 1 is 1.33 bits per heavy atom. The van der Waals surface area contributed by atoms with Crippen LogP contribution in [0.5, 0.6) is 0 Å². The smallest absolute Gasteiger partial charge is 0.255 e. The fourth-order valence-corrected chi connectivity index (χ4v) is 3.56. The van der Waals surface area contributed by atoms with Gasteiger partial charge in [-0.3, -0.25) is 9.59 Å². The third-order valence-corrected chi connectivity index (χ3v) is 5.30. The van der Waals surface area contributed by atoms with E-state index in [1.54, 1.807) is 17.0 Å². The van der Waals surface area contributed by atoms with Gasteiger partial charge in [-0.1, -0.05) is 6.07 Å². The number of rotatable bonds is 1. The summed E-state index contributed by atoms with van der Waals surface area (Å²) < 4.78 is 13.7. The minimum Gasteiger partial charge on any atom is -0.356 e. The first kappa shape index (κ1) is 14.5. The average Bonchev–Trinajstić information content (AvgIpc) is 2.83. The van der Waals surface area contributed by atoms with E-state index < -0.39 is 5.82 Å². The summed E-state index contributed by atoms with van der Waals surface area (Å²) in [5, 5.41) is 2.87. The van der Waals surface area contributed by atoms with Crippen molar-refractivity contribution in [2.24, 2.45) is 5.41 Å². The number of amides is 2. The van der Waals surface area contributed by atoms with E-state index in [4.69, 9.17) is 0 Å². The van der Waals surface area contributed by atoms with Gasteiger partial charge in [0.2, 0.25) is 5.91 Å². The molecule has 21 heavy (non-hydrogen) atoms. The topological polar surface area (TPSA) is 49.4 Å². The molecule has 6 heteroatoms. The highest BCUT2D eigenvalue weighted by Crippen LogP contribution is 2.38. The van der Waals surface area contributed by atoms with Crippen LogP contribution in [-0.2, 0) is 4.79 Å². The molecule has 0 bridgehead atoms. The molecule has 2 fully saturated rings. The molecule has 1 aromatic carbocycles. The Balaban J connectivity index is 1.71. The molecule has 0 aliphatic carbocycles. The van der Waals surface area contributed by atoms with Crippen LogP contribution in [0.3, 0.4) is 0 Å². The third kappa shape index (κ3) is 2.69. The van der Waals surface area contributed by atoms with Crippen molar-refractivity contribution in [1.82, 2.24) is 10.2 Å². The van der Waals surface area contributed by atoms with Gasteiger partial charge >= 0.3 is 0 Å². The minimum atomic E-state index is -0.431. The molecule has 2 aliphatic heterocycles. The lowest BCUT2D eigenvalue weighted by molar-refractivity contribution is -0.119. The number of hydrogen-bond donors (Lipinski definition) is 1. The Hall–Kier alpha value is -1.43. The molecule has 0 atom stereocenters. The van der Waals surface area contributed by atoms with Gasteiger partial charge in [-0.2, -0.15) is 0 Å². The number of hydrogen-bond acceptors (Lipinski definition) is 2. The predicted molar refractivity (Wildman–Crippen MR) is 79.3 cm³/mol. The number of likely N-dealkylation sites (tertiary alicyclic amines) is 1. The average molecular weight is 355 g/mol. The highest BCUT2D eigenvalue weighted by Gasteiger charge is 2.41. The highest BCUT2D eigenvalue weighted by atomic mass is 79.9. The van der Waals surface area contributed by atoms with Crippen molar-refractivity contribution in [1.29, 1.82) is 0 Å². The number of carbonyl (C=O) groups excluding carboxylic acids is 2. The summed E-state index contributed by atoms with van der Waals surface area (Å²) in [7, 11) is 0. The van der Waals surface area contributed by atoms with Gasteiger partial charge in [-0.15, -0.1) is 0 Å². The molecule has 2 aliphatic rings. The zero-order chi connectivity index (χ0) is 15.0. The van der Waals surface area contributed by atoms with Crippen molar-refractivity contribution in [2.45, 2.75) is 19.3 Å². The molecule has 2 amide bonds. The molecule has 112 valence electrons. The number of halogens is 2. The van der Waals surface area contributed by atoms with E-state index >= 15 is 0 Å². The van der Waals surface area contributed by atoms with Crippen LogP contribution in [-0.4, -0.2) is 36.3 Å². The maximum atomic E-state index is 13.5. The predicted octanol–water partition coefficient (Wildman–Crippen LogP) is 2.33. The van der Waals surface area contributed by atoms with E-state index in [1.807, 2.05) is 0 Å². The number of piperidine rings is 1. The van der Waals surface area contributed by atoms with E-state index in [0.29, 0.717) is 31.6 Å². The van der Waals surface area contributed by atoms with E-state index in [2.05, 4.69) is 21.2 Å². The maximum Gasteiger partial charge on any atom is 0.255 e. The van der Waals surface area contributed by atoms with Crippen LogP contribution >= 0.6 is 15.9 Å². The SMILES string of the molecule is O=C1CC2(CCN(C(=O)c3cccc(F)c3Br)CC2)CN1. The Labute approximate surface area is 130 Å². The van der Waals surface area contributed by atoms with Crippen molar-refractivity contribution < 1.29 is 14.0 Å². The van der Waals surface area contributed by atoms with E-state index in [1.165, 1.54) is 6.07 Å². The second-order valence-corrected chi connectivity index (χ2v) is 6.64. The Bertz CT molecular complexity index is 597. The van der Waals surface area contributed by atoms with Crippen molar-refractivity contribution in [2.75, 3.05) is 19.6 Å². The monoisotopic (exact) mass is 354 g/mol. The van der Waals surface area contributed by atoms with Crippen molar-refractivity contribution in [3.05, 3.63) is 34.1 Å². The molecule has 0 unspecified atom stereocenters. The van der Waals surface area contributed by atoms with Gasteiger partial charge in [0, 0.05) is 26.1 Å². The summed E-state index contributed by atoms with van der Waals surface area (Å²) in [6, 6.07) is 4.49. The molecule has 1 spiro atoms. The number of carbonyl (C=O) groups is 2. The molecule has 1 aromatic rings. The van der Waals surface area contributed by atoms with Crippen LogP contribution in [0.1, 0.15) is 29.6 Å². The fourth-order valence-electron chi connectivity index (χ4n) is 3.13. The Kier molecular flexibility index (Phi) is 3.73. The first-order valence-electron chi connectivity index (χ1n) is 7.01. The summed E-state index contributed by atoms with van der Waals surface area (Å²) in [6.07, 6.45) is 2.17. The summed E-state index contributed by atoms with van der Waals surface area (Å²) in [5.74, 6) is -0.490. The van der Waals surface area contributed by atoms with Crippen LogP contribution in [0.25, 0.3) is 0 Å². The summed E-state index contributed by atoms with van der Waals surface area (Å²) in [6.45, 7) is 1.92. The Morgan fingerprint density at radius 2 is 2.05 bits per heavy atom. The van der Waals surface area contributed by atoms with Gasteiger partial charge in [0.05, 0.1) is 10.0 Å². The number of nitrogens with zero attached hydrogens (tertiary/aromatic N) is 1. The Morgan fingerprint density at radius 3 is 2.67 bits per heavy atom. The van der Waals surface area contributed by atoms with E-state index in [-0.39, 0.29) is 21.7 Å². The van der Waals surface area contributed by atoms with Gasteiger partial charge in [-0.05, 0) is 46.3 Å². The second kappa shape index (κ2) is 5.40. The molecule has 4 nitrogen and oxygen atoms in total. The standard InChI is InChI=1S/C15H16BrFN2O2/c16-13-10(2-1-3-11(13)17)14(21)19-6-4-15(5-7-19)8-12(20)18-9-15/h1-3H,4-9H2,(H,18,20). The lowest BCUT2D eigenvalue weighted by atomic mass is 9.77. The summed E-state index contributed by atoms with van der Waals surface area (Å²) in [4.78, 5) is 25.6. The normalized spacial score (nSPS) is 20.7. The van der Waals surface area contributed by atoms with Crippen molar-refractivity contribution >= 4 is 27.7 Å². The van der Waals surface area contributed by atoms with Gasteiger partial charge in [0.25, 0.3) is 5.91 Å². The lowest BCUT2D eigenvalue weighted by Gasteiger charge is -2.38. The molecule has 2 heterocycles. The van der Waals surface area contributed by atoms with Crippen LogP contribution < -0.4 is 5.32 Å². The van der Waals surface area contributed by atoms with Gasteiger partial charge in [-0.25, -0.2) is 4.39 Å². The lowest BCUT2D eigenvalue weighted by Crippen LogP contribution is -2.44. The van der Waals surface area contributed by atoms with Gasteiger partial charge in [0.1, 0.15) is 5.82 Å². The van der Waals surface area contributed by atoms with Crippen molar-refractivity contribution in [3.63, 3.8) is 0 Å². The first-order chi connectivity index (χ1) is 10.0. The van der Waals surface area contributed by atoms with Crippen LogP contribution in [0.4, 0.5) is 4.39 Å². The molecule has 0 saturated carbocycles. The molecule has 1 N–H and O–H groups in total. The van der Waals surface area contributed by atoms with E-state index in [0.717, 1.165) is 12.8 Å². The number of benzene rings is 1.